The van der Waals surface area contributed by atoms with E-state index < -0.39 is 18.0 Å². The number of halogens is 1. The first-order valence-electron chi connectivity index (χ1n) is 7.36. The molecule has 1 aromatic heterocycles. The van der Waals surface area contributed by atoms with Crippen molar-refractivity contribution in [1.82, 2.24) is 4.98 Å². The van der Waals surface area contributed by atoms with Crippen LogP contribution in [-0.4, -0.2) is 29.6 Å². The largest absolute Gasteiger partial charge is 0.494 e. The summed E-state index contributed by atoms with van der Waals surface area (Å²) < 4.78 is 10.5. The number of hydrogen-bond donors (Lipinski definition) is 1. The van der Waals surface area contributed by atoms with E-state index in [1.807, 2.05) is 6.92 Å². The molecular weight excluding hydrogens is 332 g/mol. The molecule has 0 saturated heterocycles. The van der Waals surface area contributed by atoms with E-state index in [1.54, 1.807) is 24.3 Å². The summed E-state index contributed by atoms with van der Waals surface area (Å²) in [6.45, 7) is 3.95. The van der Waals surface area contributed by atoms with E-state index in [-0.39, 0.29) is 10.7 Å². The summed E-state index contributed by atoms with van der Waals surface area (Å²) in [7, 11) is 0. The minimum atomic E-state index is -0.962. The molecule has 24 heavy (non-hydrogen) atoms. The van der Waals surface area contributed by atoms with E-state index >= 15 is 0 Å². The van der Waals surface area contributed by atoms with Crippen molar-refractivity contribution in [2.75, 3.05) is 11.9 Å². The van der Waals surface area contributed by atoms with Gasteiger partial charge < -0.3 is 14.8 Å². The number of hydrogen-bond acceptors (Lipinski definition) is 5. The van der Waals surface area contributed by atoms with Crippen molar-refractivity contribution in [2.45, 2.75) is 20.0 Å². The molecule has 0 fully saturated rings. The molecule has 6 nitrogen and oxygen atoms in total. The number of esters is 1. The highest BCUT2D eigenvalue weighted by Crippen LogP contribution is 2.16. The first kappa shape index (κ1) is 17.7. The van der Waals surface area contributed by atoms with Crippen LogP contribution in [0.1, 0.15) is 24.2 Å². The molecule has 2 aromatic rings. The van der Waals surface area contributed by atoms with Gasteiger partial charge in [0.15, 0.2) is 6.10 Å². The highest BCUT2D eigenvalue weighted by Gasteiger charge is 2.19. The number of carbonyl (C=O) groups excluding carboxylic acids is 2. The maximum atomic E-state index is 12.1. The molecular formula is C17H17ClN2O4. The van der Waals surface area contributed by atoms with Gasteiger partial charge in [0.25, 0.3) is 5.91 Å². The van der Waals surface area contributed by atoms with E-state index in [0.717, 1.165) is 0 Å². The number of carbonyl (C=O) groups is 2. The van der Waals surface area contributed by atoms with Crippen molar-refractivity contribution in [1.29, 1.82) is 0 Å². The minimum absolute atomic E-state index is 0.177. The summed E-state index contributed by atoms with van der Waals surface area (Å²) in [4.78, 5) is 27.9. The van der Waals surface area contributed by atoms with Crippen molar-refractivity contribution in [3.05, 3.63) is 53.3 Å². The lowest BCUT2D eigenvalue weighted by molar-refractivity contribution is -0.123. The fourth-order valence-corrected chi connectivity index (χ4v) is 2.03. The maximum Gasteiger partial charge on any atom is 0.339 e. The topological polar surface area (TPSA) is 77.5 Å². The highest BCUT2D eigenvalue weighted by molar-refractivity contribution is 6.29. The zero-order valence-corrected chi connectivity index (χ0v) is 14.0. The number of ether oxygens (including phenoxy) is 2. The average molecular weight is 349 g/mol. The van der Waals surface area contributed by atoms with Gasteiger partial charge in [-0.15, -0.1) is 0 Å². The molecule has 0 radical (unpaired) electrons. The number of benzene rings is 1. The van der Waals surface area contributed by atoms with Gasteiger partial charge in [-0.1, -0.05) is 11.6 Å². The second-order valence-corrected chi connectivity index (χ2v) is 5.25. The normalized spacial score (nSPS) is 11.5. The fourth-order valence-electron chi connectivity index (χ4n) is 1.86. The zero-order valence-electron chi connectivity index (χ0n) is 13.3. The molecule has 1 atom stereocenters. The summed E-state index contributed by atoms with van der Waals surface area (Å²) in [5.41, 5.74) is 0.814. The number of nitrogens with zero attached hydrogens (tertiary/aromatic N) is 1. The Bertz CT molecular complexity index is 719. The molecule has 2 rings (SSSR count). The molecule has 1 unspecified atom stereocenters. The molecule has 0 spiro atoms. The van der Waals surface area contributed by atoms with Crippen LogP contribution >= 0.6 is 11.6 Å². The Kier molecular flexibility index (Phi) is 6.14. The summed E-state index contributed by atoms with van der Waals surface area (Å²) in [6, 6.07) is 9.75. The standard InChI is InChI=1S/C17H17ClN2O4/c1-3-23-14-6-4-13(5-7-14)20-16(21)11(2)24-17(22)12-8-9-19-15(18)10-12/h4-11H,3H2,1-2H3,(H,20,21). The van der Waals surface area contributed by atoms with Crippen LogP contribution in [-0.2, 0) is 9.53 Å². The second kappa shape index (κ2) is 8.31. The number of aromatic nitrogens is 1. The molecule has 0 saturated carbocycles. The second-order valence-electron chi connectivity index (χ2n) is 4.86. The molecule has 0 bridgehead atoms. The van der Waals surface area contributed by atoms with Crippen LogP contribution < -0.4 is 10.1 Å². The number of rotatable bonds is 6. The van der Waals surface area contributed by atoms with Crippen LogP contribution in [0.4, 0.5) is 5.69 Å². The lowest BCUT2D eigenvalue weighted by Crippen LogP contribution is -2.30. The molecule has 1 aromatic carbocycles. The quantitative estimate of drug-likeness (QED) is 0.640. The Balaban J connectivity index is 1.93. The summed E-state index contributed by atoms with van der Waals surface area (Å²) in [5, 5.41) is 2.85. The predicted octanol–water partition coefficient (Wildman–Crippen LogP) is 3.32. The van der Waals surface area contributed by atoms with Crippen molar-refractivity contribution in [3.63, 3.8) is 0 Å². The number of nitrogens with one attached hydrogen (secondary N) is 1. The van der Waals surface area contributed by atoms with Crippen LogP contribution in [0.25, 0.3) is 0 Å². The smallest absolute Gasteiger partial charge is 0.339 e. The lowest BCUT2D eigenvalue weighted by Gasteiger charge is -2.14. The SMILES string of the molecule is CCOc1ccc(NC(=O)C(C)OC(=O)c2ccnc(Cl)c2)cc1. The predicted molar refractivity (Wildman–Crippen MR) is 90.4 cm³/mol. The van der Waals surface area contributed by atoms with Crippen LogP contribution in [0.3, 0.4) is 0 Å². The van der Waals surface area contributed by atoms with Gasteiger partial charge in [-0.2, -0.15) is 0 Å². The molecule has 126 valence electrons. The van der Waals surface area contributed by atoms with E-state index in [1.165, 1.54) is 25.3 Å². The first-order valence-corrected chi connectivity index (χ1v) is 7.73. The third-order valence-corrected chi connectivity index (χ3v) is 3.25. The van der Waals surface area contributed by atoms with Gasteiger partial charge in [-0.25, -0.2) is 9.78 Å². The zero-order chi connectivity index (χ0) is 17.5. The Morgan fingerprint density at radius 2 is 1.96 bits per heavy atom. The van der Waals surface area contributed by atoms with E-state index in [4.69, 9.17) is 21.1 Å². The summed E-state index contributed by atoms with van der Waals surface area (Å²) in [6.07, 6.45) is 0.430. The Hall–Kier alpha value is -2.60. The van der Waals surface area contributed by atoms with E-state index in [2.05, 4.69) is 10.3 Å². The third kappa shape index (κ3) is 4.96. The van der Waals surface area contributed by atoms with Crippen molar-refractivity contribution < 1.29 is 19.1 Å². The molecule has 0 aliphatic rings. The number of pyridine rings is 1. The molecule has 1 amide bonds. The Labute approximate surface area is 144 Å². The fraction of sp³-hybridized carbons (Fsp3) is 0.235. The number of anilines is 1. The molecule has 0 aliphatic carbocycles. The van der Waals surface area contributed by atoms with Crippen LogP contribution in [0, 0.1) is 0 Å². The van der Waals surface area contributed by atoms with Crippen molar-refractivity contribution in [3.8, 4) is 5.75 Å². The summed E-state index contributed by atoms with van der Waals surface area (Å²) in [5.74, 6) is -0.370. The monoisotopic (exact) mass is 348 g/mol. The van der Waals surface area contributed by atoms with Crippen molar-refractivity contribution >= 4 is 29.2 Å². The van der Waals surface area contributed by atoms with Gasteiger partial charge in [0.2, 0.25) is 0 Å². The molecule has 1 N–H and O–H groups in total. The minimum Gasteiger partial charge on any atom is -0.494 e. The third-order valence-electron chi connectivity index (χ3n) is 3.05. The molecule has 7 heteroatoms. The van der Waals surface area contributed by atoms with Crippen LogP contribution in [0.2, 0.25) is 5.15 Å². The van der Waals surface area contributed by atoms with Crippen LogP contribution in [0.15, 0.2) is 42.6 Å². The van der Waals surface area contributed by atoms with Gasteiger partial charge in [0.1, 0.15) is 10.9 Å². The van der Waals surface area contributed by atoms with Crippen molar-refractivity contribution in [2.24, 2.45) is 0 Å². The summed E-state index contributed by atoms with van der Waals surface area (Å²) >= 11 is 5.72. The van der Waals surface area contributed by atoms with Crippen LogP contribution in [0.5, 0.6) is 5.75 Å². The average Bonchev–Trinajstić information content (AvgIpc) is 2.56. The van der Waals surface area contributed by atoms with Gasteiger partial charge in [-0.05, 0) is 50.2 Å². The molecule has 1 heterocycles. The Morgan fingerprint density at radius 3 is 2.58 bits per heavy atom. The van der Waals surface area contributed by atoms with Gasteiger partial charge in [-0.3, -0.25) is 4.79 Å². The van der Waals surface area contributed by atoms with E-state index in [9.17, 15) is 9.59 Å². The van der Waals surface area contributed by atoms with E-state index in [0.29, 0.717) is 18.0 Å². The maximum absolute atomic E-state index is 12.1. The van der Waals surface area contributed by atoms with Gasteiger partial charge in [0, 0.05) is 11.9 Å². The van der Waals surface area contributed by atoms with Gasteiger partial charge in [0.05, 0.1) is 12.2 Å². The first-order chi connectivity index (χ1) is 11.5. The number of amides is 1. The molecule has 0 aliphatic heterocycles. The van der Waals surface area contributed by atoms with Gasteiger partial charge >= 0.3 is 5.97 Å². The lowest BCUT2D eigenvalue weighted by atomic mass is 10.2. The highest BCUT2D eigenvalue weighted by atomic mass is 35.5. The Morgan fingerprint density at radius 1 is 1.25 bits per heavy atom.